The molecule has 100 valence electrons. The summed E-state index contributed by atoms with van der Waals surface area (Å²) in [6, 6.07) is 10.0. The zero-order valence-corrected chi connectivity index (χ0v) is 12.1. The predicted molar refractivity (Wildman–Crippen MR) is 78.0 cm³/mol. The second-order valence-electron chi connectivity index (χ2n) is 5.44. The Kier molecular flexibility index (Phi) is 4.41. The van der Waals surface area contributed by atoms with Crippen molar-refractivity contribution in [3.63, 3.8) is 0 Å². The third-order valence-electron chi connectivity index (χ3n) is 4.33. The van der Waals surface area contributed by atoms with E-state index in [2.05, 4.69) is 62.3 Å². The summed E-state index contributed by atoms with van der Waals surface area (Å²) in [7, 11) is 2.25. The highest BCUT2D eigenvalue weighted by Gasteiger charge is 2.34. The number of hydrogen-bond donors (Lipinski definition) is 1. The summed E-state index contributed by atoms with van der Waals surface area (Å²) in [6.45, 7) is 8.94. The molecule has 0 saturated carbocycles. The Hall–Kier alpha value is -0.860. The topological polar surface area (TPSA) is 15.3 Å². The molecule has 18 heavy (non-hydrogen) atoms. The molecule has 1 aliphatic carbocycles. The van der Waals surface area contributed by atoms with Gasteiger partial charge in [-0.1, -0.05) is 45.0 Å². The summed E-state index contributed by atoms with van der Waals surface area (Å²) in [5, 5.41) is 3.68. The van der Waals surface area contributed by atoms with Gasteiger partial charge in [-0.2, -0.15) is 0 Å². The fraction of sp³-hybridized carbons (Fsp3) is 0.625. The van der Waals surface area contributed by atoms with Gasteiger partial charge in [0.25, 0.3) is 0 Å². The number of benzene rings is 1. The Labute approximate surface area is 111 Å². The molecular weight excluding hydrogens is 220 g/mol. The first-order valence-corrected chi connectivity index (χ1v) is 7.21. The first kappa shape index (κ1) is 13.6. The normalized spacial score (nSPS) is 27.3. The first-order chi connectivity index (χ1) is 8.69. The van der Waals surface area contributed by atoms with Gasteiger partial charge in [0.05, 0.1) is 0 Å². The molecule has 3 atom stereocenters. The third kappa shape index (κ3) is 2.45. The van der Waals surface area contributed by atoms with Crippen molar-refractivity contribution in [3.8, 4) is 0 Å². The maximum Gasteiger partial charge on any atom is 0.0481 e. The molecule has 1 aromatic rings. The Morgan fingerprint density at radius 1 is 1.22 bits per heavy atom. The highest BCUT2D eigenvalue weighted by molar-refractivity contribution is 5.36. The second-order valence-corrected chi connectivity index (χ2v) is 5.44. The lowest BCUT2D eigenvalue weighted by atomic mass is 9.77. The molecule has 0 saturated heterocycles. The Bertz CT molecular complexity index is 388. The van der Waals surface area contributed by atoms with Gasteiger partial charge < -0.3 is 10.2 Å². The molecule has 0 fully saturated rings. The van der Waals surface area contributed by atoms with Gasteiger partial charge in [-0.25, -0.2) is 0 Å². The van der Waals surface area contributed by atoms with Gasteiger partial charge in [0.2, 0.25) is 0 Å². The van der Waals surface area contributed by atoms with E-state index in [4.69, 9.17) is 0 Å². The minimum absolute atomic E-state index is 0.479. The minimum Gasteiger partial charge on any atom is -0.309 e. The fourth-order valence-corrected chi connectivity index (χ4v) is 3.21. The molecule has 1 aliphatic rings. The molecule has 2 heteroatoms. The van der Waals surface area contributed by atoms with Crippen molar-refractivity contribution in [2.45, 2.75) is 45.2 Å². The van der Waals surface area contributed by atoms with Gasteiger partial charge in [-0.05, 0) is 43.6 Å². The van der Waals surface area contributed by atoms with Crippen LogP contribution in [0.1, 0.15) is 50.3 Å². The van der Waals surface area contributed by atoms with Crippen LogP contribution in [0.4, 0.5) is 0 Å². The molecule has 2 rings (SSSR count). The van der Waals surface area contributed by atoms with Crippen LogP contribution in [0.2, 0.25) is 0 Å². The van der Waals surface area contributed by atoms with Crippen LogP contribution in [0.5, 0.6) is 0 Å². The summed E-state index contributed by atoms with van der Waals surface area (Å²) in [4.78, 5) is 2.49. The summed E-state index contributed by atoms with van der Waals surface area (Å²) >= 11 is 0. The van der Waals surface area contributed by atoms with E-state index in [0.29, 0.717) is 18.0 Å². The van der Waals surface area contributed by atoms with Crippen molar-refractivity contribution < 1.29 is 0 Å². The molecule has 0 heterocycles. The quantitative estimate of drug-likeness (QED) is 0.878. The second kappa shape index (κ2) is 5.85. The number of likely N-dealkylation sites (N-methyl/N-ethyl adjacent to an activating group) is 2. The van der Waals surface area contributed by atoms with Gasteiger partial charge >= 0.3 is 0 Å². The summed E-state index contributed by atoms with van der Waals surface area (Å²) in [5.74, 6) is 0.662. The molecule has 2 nitrogen and oxygen atoms in total. The zero-order chi connectivity index (χ0) is 13.1. The molecule has 0 bridgehead atoms. The van der Waals surface area contributed by atoms with Crippen molar-refractivity contribution in [1.82, 2.24) is 10.2 Å². The van der Waals surface area contributed by atoms with Crippen molar-refractivity contribution in [2.24, 2.45) is 0 Å². The van der Waals surface area contributed by atoms with E-state index in [1.807, 2.05) is 0 Å². The van der Waals surface area contributed by atoms with Crippen molar-refractivity contribution in [2.75, 3.05) is 20.1 Å². The van der Waals surface area contributed by atoms with Crippen LogP contribution in [0.3, 0.4) is 0 Å². The smallest absolute Gasteiger partial charge is 0.0481 e. The standard InChI is InChI=1S/C16H26N2/c1-5-17-16-14-10-8-7-9-13(14)12(3)11-15(16)18(4)6-2/h7-10,12,15-17H,5-6,11H2,1-4H3. The SMILES string of the molecule is CCNC1c2ccccc2C(C)CC1N(C)CC. The van der Waals surface area contributed by atoms with Gasteiger partial charge in [0.1, 0.15) is 0 Å². The molecule has 0 radical (unpaired) electrons. The molecule has 0 amide bonds. The van der Waals surface area contributed by atoms with Gasteiger partial charge in [-0.3, -0.25) is 0 Å². The van der Waals surface area contributed by atoms with E-state index >= 15 is 0 Å². The molecule has 1 N–H and O–H groups in total. The highest BCUT2D eigenvalue weighted by atomic mass is 15.2. The lowest BCUT2D eigenvalue weighted by Gasteiger charge is -2.41. The Balaban J connectivity index is 2.36. The number of nitrogens with one attached hydrogen (secondary N) is 1. The molecule has 0 spiro atoms. The lowest BCUT2D eigenvalue weighted by molar-refractivity contribution is 0.172. The van der Waals surface area contributed by atoms with E-state index in [9.17, 15) is 0 Å². The van der Waals surface area contributed by atoms with Crippen LogP contribution in [-0.2, 0) is 0 Å². The van der Waals surface area contributed by atoms with Crippen molar-refractivity contribution in [1.29, 1.82) is 0 Å². The largest absolute Gasteiger partial charge is 0.309 e. The van der Waals surface area contributed by atoms with Crippen LogP contribution in [-0.4, -0.2) is 31.1 Å². The number of fused-ring (bicyclic) bond motifs is 1. The van der Waals surface area contributed by atoms with E-state index in [1.165, 1.54) is 17.5 Å². The first-order valence-electron chi connectivity index (χ1n) is 7.21. The molecular formula is C16H26N2. The van der Waals surface area contributed by atoms with Crippen LogP contribution >= 0.6 is 0 Å². The summed E-state index contributed by atoms with van der Waals surface area (Å²) in [5.41, 5.74) is 3.03. The monoisotopic (exact) mass is 246 g/mol. The molecule has 0 aromatic heterocycles. The van der Waals surface area contributed by atoms with Gasteiger partial charge in [-0.15, -0.1) is 0 Å². The molecule has 3 unspecified atom stereocenters. The highest BCUT2D eigenvalue weighted by Crippen LogP contribution is 2.39. The maximum absolute atomic E-state index is 3.68. The van der Waals surface area contributed by atoms with Crippen molar-refractivity contribution in [3.05, 3.63) is 35.4 Å². The number of hydrogen-bond acceptors (Lipinski definition) is 2. The third-order valence-corrected chi connectivity index (χ3v) is 4.33. The lowest BCUT2D eigenvalue weighted by Crippen LogP contribution is -2.46. The van der Waals surface area contributed by atoms with E-state index < -0.39 is 0 Å². The maximum atomic E-state index is 3.68. The molecule has 0 aliphatic heterocycles. The van der Waals surface area contributed by atoms with E-state index in [-0.39, 0.29) is 0 Å². The summed E-state index contributed by atoms with van der Waals surface area (Å²) < 4.78 is 0. The van der Waals surface area contributed by atoms with E-state index in [0.717, 1.165) is 13.1 Å². The van der Waals surface area contributed by atoms with Crippen LogP contribution in [0, 0.1) is 0 Å². The van der Waals surface area contributed by atoms with Crippen LogP contribution in [0.25, 0.3) is 0 Å². The zero-order valence-electron chi connectivity index (χ0n) is 12.1. The number of rotatable bonds is 4. The predicted octanol–water partition coefficient (Wildman–Crippen LogP) is 3.16. The average Bonchev–Trinajstić information content (AvgIpc) is 2.41. The van der Waals surface area contributed by atoms with E-state index in [1.54, 1.807) is 0 Å². The molecule has 1 aromatic carbocycles. The Morgan fingerprint density at radius 2 is 1.89 bits per heavy atom. The van der Waals surface area contributed by atoms with Gasteiger partial charge in [0.15, 0.2) is 0 Å². The van der Waals surface area contributed by atoms with Crippen LogP contribution in [0.15, 0.2) is 24.3 Å². The van der Waals surface area contributed by atoms with Gasteiger partial charge in [0, 0.05) is 12.1 Å². The van der Waals surface area contributed by atoms with Crippen LogP contribution < -0.4 is 5.32 Å². The minimum atomic E-state index is 0.479. The van der Waals surface area contributed by atoms with Crippen molar-refractivity contribution >= 4 is 0 Å². The Morgan fingerprint density at radius 3 is 2.50 bits per heavy atom. The number of nitrogens with zero attached hydrogens (tertiary/aromatic N) is 1. The fourth-order valence-electron chi connectivity index (χ4n) is 3.21. The average molecular weight is 246 g/mol. The summed E-state index contributed by atoms with van der Waals surface area (Å²) in [6.07, 6.45) is 1.25.